The Morgan fingerprint density at radius 1 is 1.12 bits per heavy atom. The van der Waals surface area contributed by atoms with E-state index in [0.29, 0.717) is 45.0 Å². The van der Waals surface area contributed by atoms with Gasteiger partial charge in [0, 0.05) is 49.7 Å². The van der Waals surface area contributed by atoms with Gasteiger partial charge in [0.1, 0.15) is 0 Å². The summed E-state index contributed by atoms with van der Waals surface area (Å²) in [4.78, 5) is 27.1. The van der Waals surface area contributed by atoms with Gasteiger partial charge in [-0.3, -0.25) is 4.79 Å². The number of thiophene rings is 1. The van der Waals surface area contributed by atoms with Gasteiger partial charge in [0.05, 0.1) is 23.4 Å². The van der Waals surface area contributed by atoms with Crippen molar-refractivity contribution in [2.45, 2.75) is 6.92 Å². The predicted octanol–water partition coefficient (Wildman–Crippen LogP) is 3.30. The molecule has 2 aliphatic heterocycles. The fourth-order valence-electron chi connectivity index (χ4n) is 4.19. The summed E-state index contributed by atoms with van der Waals surface area (Å²) in [5, 5.41) is 11.1. The Labute approximate surface area is 194 Å². The van der Waals surface area contributed by atoms with Crippen molar-refractivity contribution in [3.05, 3.63) is 40.7 Å². The Morgan fingerprint density at radius 2 is 1.88 bits per heavy atom. The third-order valence-electron chi connectivity index (χ3n) is 5.95. The largest absolute Gasteiger partial charge is 0.378 e. The van der Waals surface area contributed by atoms with Gasteiger partial charge in [-0.05, 0) is 41.8 Å². The van der Waals surface area contributed by atoms with Crippen molar-refractivity contribution in [1.82, 2.24) is 19.9 Å². The molecule has 0 radical (unpaired) electrons. The molecular weight excluding hydrogens is 450 g/mol. The highest BCUT2D eigenvalue weighted by atomic mass is 35.5. The molecule has 8 nitrogen and oxygen atoms in total. The monoisotopic (exact) mass is 473 g/mol. The minimum atomic E-state index is -0.0180. The number of carbonyl (C=O) groups is 1. The average molecular weight is 474 g/mol. The third kappa shape index (κ3) is 4.06. The lowest BCUT2D eigenvalue weighted by atomic mass is 10.1. The summed E-state index contributed by atoms with van der Waals surface area (Å²) in [5.41, 5.74) is 3.49. The summed E-state index contributed by atoms with van der Waals surface area (Å²) in [6, 6.07) is 7.71. The summed E-state index contributed by atoms with van der Waals surface area (Å²) in [6.45, 7) is 6.84. The van der Waals surface area contributed by atoms with E-state index in [1.165, 1.54) is 5.06 Å². The van der Waals surface area contributed by atoms with Gasteiger partial charge >= 0.3 is 0 Å². The van der Waals surface area contributed by atoms with E-state index in [0.717, 1.165) is 45.1 Å². The summed E-state index contributed by atoms with van der Waals surface area (Å²) in [7, 11) is 0. The number of halogens is 1. The fraction of sp³-hybridized carbons (Fsp3) is 0.409. The Balaban J connectivity index is 1.52. The molecule has 1 N–H and O–H groups in total. The van der Waals surface area contributed by atoms with Crippen molar-refractivity contribution in [3.63, 3.8) is 0 Å². The molecule has 168 valence electrons. The number of hydroxylamine groups is 2. The Kier molecular flexibility index (Phi) is 6.00. The number of piperazine rings is 1. The van der Waals surface area contributed by atoms with E-state index in [1.807, 2.05) is 31.2 Å². The second kappa shape index (κ2) is 8.92. The maximum atomic E-state index is 13.0. The number of hydrogen-bond donors (Lipinski definition) is 1. The Bertz CT molecular complexity index is 1160. The van der Waals surface area contributed by atoms with E-state index >= 15 is 0 Å². The molecule has 2 aromatic heterocycles. The molecule has 5 rings (SSSR count). The number of hydrogen-bond acceptors (Lipinski definition) is 8. The van der Waals surface area contributed by atoms with Crippen LogP contribution in [0.25, 0.3) is 20.7 Å². The van der Waals surface area contributed by atoms with Gasteiger partial charge in [-0.2, -0.15) is 10.0 Å². The van der Waals surface area contributed by atoms with Gasteiger partial charge < -0.3 is 19.7 Å². The van der Waals surface area contributed by atoms with Crippen LogP contribution in [0, 0.1) is 6.92 Å². The lowest BCUT2D eigenvalue weighted by molar-refractivity contribution is -0.112. The topological polar surface area (TPSA) is 82.0 Å². The van der Waals surface area contributed by atoms with Gasteiger partial charge in [0.25, 0.3) is 5.91 Å². The third-order valence-corrected chi connectivity index (χ3v) is 7.44. The quantitative estimate of drug-likeness (QED) is 0.584. The first-order valence-corrected chi connectivity index (χ1v) is 11.8. The number of morpholine rings is 1. The molecule has 2 aliphatic rings. The van der Waals surface area contributed by atoms with Gasteiger partial charge in [0.2, 0.25) is 5.28 Å². The Morgan fingerprint density at radius 3 is 2.62 bits per heavy atom. The second-order valence-corrected chi connectivity index (χ2v) is 9.33. The number of fused-ring (bicyclic) bond motifs is 1. The van der Waals surface area contributed by atoms with Crippen LogP contribution in [0.5, 0.6) is 0 Å². The number of rotatable bonds is 3. The van der Waals surface area contributed by atoms with Crippen molar-refractivity contribution in [1.29, 1.82) is 0 Å². The number of anilines is 1. The number of ether oxygens (including phenoxy) is 1. The van der Waals surface area contributed by atoms with Gasteiger partial charge in [-0.25, -0.2) is 4.98 Å². The smallest absolute Gasteiger partial charge is 0.253 e. The van der Waals surface area contributed by atoms with Crippen LogP contribution in [0.2, 0.25) is 5.28 Å². The average Bonchev–Trinajstić information content (AvgIpc) is 3.15. The van der Waals surface area contributed by atoms with E-state index in [4.69, 9.17) is 16.3 Å². The molecule has 1 aromatic carbocycles. The molecule has 10 heteroatoms. The lowest BCUT2D eigenvalue weighted by Crippen LogP contribution is -2.47. The van der Waals surface area contributed by atoms with Crippen LogP contribution in [-0.2, 0) is 4.74 Å². The highest BCUT2D eigenvalue weighted by Crippen LogP contribution is 2.41. The molecule has 4 heterocycles. The number of aromatic nitrogens is 2. The molecule has 0 atom stereocenters. The lowest BCUT2D eigenvalue weighted by Gasteiger charge is -2.31. The van der Waals surface area contributed by atoms with Crippen LogP contribution in [0.1, 0.15) is 15.9 Å². The molecule has 0 spiro atoms. The van der Waals surface area contributed by atoms with Gasteiger partial charge in [-0.1, -0.05) is 12.1 Å². The zero-order valence-corrected chi connectivity index (χ0v) is 19.3. The van der Waals surface area contributed by atoms with Gasteiger partial charge in [0.15, 0.2) is 5.82 Å². The fourth-order valence-corrected chi connectivity index (χ4v) is 5.61. The first-order chi connectivity index (χ1) is 15.5. The van der Waals surface area contributed by atoms with Crippen LogP contribution in [0.4, 0.5) is 5.82 Å². The molecule has 32 heavy (non-hydrogen) atoms. The molecule has 2 saturated heterocycles. The number of benzene rings is 1. The van der Waals surface area contributed by atoms with E-state index in [1.54, 1.807) is 16.2 Å². The SMILES string of the molecule is Cc1c(-c2cccc(C(=O)N3CCN(O)CC3)c2)sc2c(N3CCOCC3)nc(Cl)nc12. The molecule has 3 aromatic rings. The van der Waals surface area contributed by atoms with Crippen molar-refractivity contribution < 1.29 is 14.7 Å². The minimum absolute atomic E-state index is 0.0180. The molecular formula is C22H24ClN5O3S. The first-order valence-electron chi connectivity index (χ1n) is 10.6. The van der Waals surface area contributed by atoms with E-state index < -0.39 is 0 Å². The van der Waals surface area contributed by atoms with E-state index in [2.05, 4.69) is 14.9 Å². The molecule has 0 saturated carbocycles. The summed E-state index contributed by atoms with van der Waals surface area (Å²) >= 11 is 7.92. The van der Waals surface area contributed by atoms with Crippen LogP contribution in [0.15, 0.2) is 24.3 Å². The highest BCUT2D eigenvalue weighted by molar-refractivity contribution is 7.23. The number of carbonyl (C=O) groups excluding carboxylic acids is 1. The van der Waals surface area contributed by atoms with Crippen molar-refractivity contribution in [2.75, 3.05) is 57.4 Å². The Hall–Kier alpha value is -2.30. The van der Waals surface area contributed by atoms with Crippen molar-refractivity contribution in [2.24, 2.45) is 0 Å². The standard InChI is InChI=1S/C22H24ClN5O3S/c1-14-17-19(20(25-22(23)24-17)26-9-11-31-12-10-26)32-18(14)15-3-2-4-16(13-15)21(29)27-5-7-28(30)8-6-27/h2-4,13,30H,5-12H2,1H3. The predicted molar refractivity (Wildman–Crippen MR) is 125 cm³/mol. The number of nitrogens with zero attached hydrogens (tertiary/aromatic N) is 5. The number of amides is 1. The summed E-state index contributed by atoms with van der Waals surface area (Å²) in [6.07, 6.45) is 0. The van der Waals surface area contributed by atoms with Crippen LogP contribution < -0.4 is 4.90 Å². The molecule has 0 bridgehead atoms. The highest BCUT2D eigenvalue weighted by Gasteiger charge is 2.24. The maximum Gasteiger partial charge on any atom is 0.253 e. The van der Waals surface area contributed by atoms with Gasteiger partial charge in [-0.15, -0.1) is 11.3 Å². The normalized spacial score (nSPS) is 17.8. The van der Waals surface area contributed by atoms with Crippen molar-refractivity contribution >= 4 is 44.9 Å². The minimum Gasteiger partial charge on any atom is -0.378 e. The molecule has 0 unspecified atom stereocenters. The first kappa shape index (κ1) is 21.5. The van der Waals surface area contributed by atoms with Crippen LogP contribution >= 0.6 is 22.9 Å². The zero-order valence-electron chi connectivity index (χ0n) is 17.8. The second-order valence-electron chi connectivity index (χ2n) is 7.98. The van der Waals surface area contributed by atoms with Crippen molar-refractivity contribution in [3.8, 4) is 10.4 Å². The summed E-state index contributed by atoms with van der Waals surface area (Å²) < 4.78 is 6.49. The summed E-state index contributed by atoms with van der Waals surface area (Å²) in [5.74, 6) is 0.826. The van der Waals surface area contributed by atoms with E-state index in [9.17, 15) is 10.0 Å². The van der Waals surface area contributed by atoms with Crippen LogP contribution in [0.3, 0.4) is 0 Å². The zero-order chi connectivity index (χ0) is 22.2. The van der Waals surface area contributed by atoms with Crippen LogP contribution in [-0.4, -0.2) is 83.5 Å². The maximum absolute atomic E-state index is 13.0. The van der Waals surface area contributed by atoms with E-state index in [-0.39, 0.29) is 11.2 Å². The molecule has 1 amide bonds. The number of aryl methyl sites for hydroxylation is 1. The molecule has 0 aliphatic carbocycles. The molecule has 2 fully saturated rings.